The van der Waals surface area contributed by atoms with Gasteiger partial charge in [0.05, 0.1) is 11.9 Å². The van der Waals surface area contributed by atoms with E-state index in [2.05, 4.69) is 9.97 Å². The lowest BCUT2D eigenvalue weighted by Gasteiger charge is -2.26. The fraction of sp³-hybridized carbons (Fsp3) is 0.571. The van der Waals surface area contributed by atoms with E-state index >= 15 is 0 Å². The van der Waals surface area contributed by atoms with Crippen LogP contribution in [0.25, 0.3) is 0 Å². The molecule has 1 aliphatic carbocycles. The summed E-state index contributed by atoms with van der Waals surface area (Å²) in [5.74, 6) is 5.13. The lowest BCUT2D eigenvalue weighted by atomic mass is 9.86. The van der Waals surface area contributed by atoms with Gasteiger partial charge in [-0.3, -0.25) is 9.59 Å². The molecule has 0 unspecified atom stereocenters. The minimum Gasteiger partial charge on any atom is -0.363 e. The number of hydrogen-bond acceptors (Lipinski definition) is 5. The van der Waals surface area contributed by atoms with Crippen LogP contribution in [-0.4, -0.2) is 21.8 Å². The van der Waals surface area contributed by atoms with E-state index in [-0.39, 0.29) is 24.1 Å². The molecule has 7 nitrogen and oxygen atoms in total. The number of nitrogens with zero attached hydrogens (tertiary/aromatic N) is 3. The molecule has 1 aliphatic rings. The van der Waals surface area contributed by atoms with Gasteiger partial charge in [0.25, 0.3) is 5.91 Å². The van der Waals surface area contributed by atoms with Gasteiger partial charge in [-0.15, -0.1) is 0 Å². The summed E-state index contributed by atoms with van der Waals surface area (Å²) in [4.78, 5) is 31.3. The van der Waals surface area contributed by atoms with Crippen molar-refractivity contribution in [1.29, 1.82) is 0 Å². The van der Waals surface area contributed by atoms with Crippen LogP contribution in [0.3, 0.4) is 0 Å². The Bertz CT molecular complexity index is 540. The molecule has 0 aliphatic heterocycles. The molecule has 1 aromatic heterocycles. The zero-order valence-electron chi connectivity index (χ0n) is 12.2. The number of nitrogens with two attached hydrogens (primary N) is 2. The number of hydrazine groups is 1. The van der Waals surface area contributed by atoms with Crippen LogP contribution >= 0.6 is 0 Å². The molecular formula is C14H21N5O2. The normalized spacial score (nSPS) is 15.7. The molecule has 1 saturated carbocycles. The number of amides is 2. The maximum atomic E-state index is 11.8. The number of primary amides is 1. The van der Waals surface area contributed by atoms with E-state index in [4.69, 9.17) is 11.6 Å². The van der Waals surface area contributed by atoms with E-state index < -0.39 is 5.91 Å². The van der Waals surface area contributed by atoms with Crippen molar-refractivity contribution in [3.05, 3.63) is 17.7 Å². The van der Waals surface area contributed by atoms with Gasteiger partial charge in [0.1, 0.15) is 5.69 Å². The van der Waals surface area contributed by atoms with Crippen LogP contribution in [0.15, 0.2) is 6.20 Å². The third-order valence-corrected chi connectivity index (χ3v) is 3.84. The maximum Gasteiger partial charge on any atom is 0.286 e. The molecule has 0 radical (unpaired) electrons. The first-order chi connectivity index (χ1) is 10.0. The van der Waals surface area contributed by atoms with Gasteiger partial charge in [-0.05, 0) is 12.8 Å². The van der Waals surface area contributed by atoms with Gasteiger partial charge in [-0.1, -0.05) is 26.2 Å². The second-order valence-corrected chi connectivity index (χ2v) is 5.28. The first kappa shape index (κ1) is 15.4. The van der Waals surface area contributed by atoms with Crippen molar-refractivity contribution in [2.24, 2.45) is 11.6 Å². The number of hydrogen-bond donors (Lipinski definition) is 2. The van der Waals surface area contributed by atoms with Crippen LogP contribution in [-0.2, 0) is 4.79 Å². The van der Waals surface area contributed by atoms with E-state index in [0.29, 0.717) is 11.4 Å². The highest BCUT2D eigenvalue weighted by molar-refractivity contribution is 5.93. The summed E-state index contributed by atoms with van der Waals surface area (Å²) in [5.41, 5.74) is 6.38. The summed E-state index contributed by atoms with van der Waals surface area (Å²) >= 11 is 0. The zero-order chi connectivity index (χ0) is 15.4. The van der Waals surface area contributed by atoms with Crippen LogP contribution in [0.1, 0.15) is 67.7 Å². The van der Waals surface area contributed by atoms with Crippen molar-refractivity contribution < 1.29 is 9.59 Å². The quantitative estimate of drug-likeness (QED) is 0.492. The van der Waals surface area contributed by atoms with Gasteiger partial charge in [0.15, 0.2) is 0 Å². The largest absolute Gasteiger partial charge is 0.363 e. The first-order valence-electron chi connectivity index (χ1n) is 7.29. The molecule has 2 amide bonds. The Balaban J connectivity index is 2.42. The van der Waals surface area contributed by atoms with Crippen molar-refractivity contribution in [1.82, 2.24) is 9.97 Å². The Morgan fingerprint density at radius 2 is 2.00 bits per heavy atom. The van der Waals surface area contributed by atoms with E-state index in [1.54, 1.807) is 6.92 Å². The number of aromatic nitrogens is 2. The summed E-state index contributed by atoms with van der Waals surface area (Å²) in [6.45, 7) is 1.74. The highest BCUT2D eigenvalue weighted by Gasteiger charge is 2.25. The molecular weight excluding hydrogens is 270 g/mol. The van der Waals surface area contributed by atoms with Crippen LogP contribution in [0.4, 0.5) is 5.69 Å². The number of anilines is 1. The van der Waals surface area contributed by atoms with E-state index in [1.807, 2.05) is 0 Å². The summed E-state index contributed by atoms with van der Waals surface area (Å²) < 4.78 is 0. The van der Waals surface area contributed by atoms with Crippen molar-refractivity contribution in [2.45, 2.75) is 51.4 Å². The topological polar surface area (TPSA) is 115 Å². The van der Waals surface area contributed by atoms with Crippen molar-refractivity contribution >= 4 is 17.5 Å². The minimum atomic E-state index is -0.677. The van der Waals surface area contributed by atoms with Gasteiger partial charge < -0.3 is 5.73 Å². The molecule has 0 saturated heterocycles. The monoisotopic (exact) mass is 291 g/mol. The lowest BCUT2D eigenvalue weighted by Crippen LogP contribution is -2.38. The second kappa shape index (κ2) is 6.62. The Labute approximate surface area is 123 Å². The van der Waals surface area contributed by atoms with Crippen LogP contribution in [0, 0.1) is 0 Å². The van der Waals surface area contributed by atoms with E-state index in [9.17, 15) is 9.59 Å². The average molecular weight is 291 g/mol. The molecule has 7 heteroatoms. The third kappa shape index (κ3) is 3.36. The van der Waals surface area contributed by atoms with Crippen LogP contribution in [0.5, 0.6) is 0 Å². The Kier molecular flexibility index (Phi) is 4.85. The molecule has 1 heterocycles. The molecule has 1 aromatic rings. The van der Waals surface area contributed by atoms with Crippen molar-refractivity contribution in [3.63, 3.8) is 0 Å². The minimum absolute atomic E-state index is 0.0309. The molecule has 21 heavy (non-hydrogen) atoms. The first-order valence-corrected chi connectivity index (χ1v) is 7.29. The third-order valence-electron chi connectivity index (χ3n) is 3.84. The standard InChI is InChI=1S/C14H21N5O2/c1-2-11(20)19(16)10-8-17-14(13(15)21)18-12(10)9-6-4-3-5-7-9/h8-9H,2-7,16H2,1H3,(H2,15,21). The van der Waals surface area contributed by atoms with Crippen molar-refractivity contribution in [2.75, 3.05) is 5.01 Å². The SMILES string of the molecule is CCC(=O)N(N)c1cnc(C(N)=O)nc1C1CCCCC1. The Morgan fingerprint density at radius 1 is 1.33 bits per heavy atom. The Morgan fingerprint density at radius 3 is 2.57 bits per heavy atom. The highest BCUT2D eigenvalue weighted by Crippen LogP contribution is 2.35. The van der Waals surface area contributed by atoms with Crippen LogP contribution < -0.4 is 16.6 Å². The smallest absolute Gasteiger partial charge is 0.286 e. The predicted octanol–water partition coefficient (Wildman–Crippen LogP) is 1.24. The summed E-state index contributed by atoms with van der Waals surface area (Å²) in [5, 5.41) is 1.08. The highest BCUT2D eigenvalue weighted by atomic mass is 16.2. The molecule has 0 aromatic carbocycles. The van der Waals surface area contributed by atoms with Gasteiger partial charge in [0.2, 0.25) is 11.7 Å². The number of carbonyl (C=O) groups is 2. The molecule has 2 rings (SSSR count). The average Bonchev–Trinajstić information content (AvgIpc) is 2.53. The fourth-order valence-corrected chi connectivity index (χ4v) is 2.67. The van der Waals surface area contributed by atoms with Gasteiger partial charge in [-0.2, -0.15) is 0 Å². The van der Waals surface area contributed by atoms with Crippen molar-refractivity contribution in [3.8, 4) is 0 Å². The number of rotatable bonds is 4. The maximum absolute atomic E-state index is 11.8. The lowest BCUT2D eigenvalue weighted by molar-refractivity contribution is -0.118. The molecule has 0 atom stereocenters. The number of carbonyl (C=O) groups excluding carboxylic acids is 2. The molecule has 1 fully saturated rings. The molecule has 0 spiro atoms. The Hall–Kier alpha value is -2.02. The molecule has 0 bridgehead atoms. The molecule has 114 valence electrons. The van der Waals surface area contributed by atoms with E-state index in [1.165, 1.54) is 12.6 Å². The van der Waals surface area contributed by atoms with E-state index in [0.717, 1.165) is 30.7 Å². The summed E-state index contributed by atoms with van der Waals surface area (Å²) in [6, 6.07) is 0. The van der Waals surface area contributed by atoms with Crippen LogP contribution in [0.2, 0.25) is 0 Å². The predicted molar refractivity (Wildman–Crippen MR) is 78.3 cm³/mol. The van der Waals surface area contributed by atoms with Gasteiger partial charge >= 0.3 is 0 Å². The summed E-state index contributed by atoms with van der Waals surface area (Å²) in [6.07, 6.45) is 7.05. The second-order valence-electron chi connectivity index (χ2n) is 5.28. The zero-order valence-corrected chi connectivity index (χ0v) is 12.2. The summed E-state index contributed by atoms with van der Waals surface area (Å²) in [7, 11) is 0. The van der Waals surface area contributed by atoms with Gasteiger partial charge in [-0.25, -0.2) is 20.8 Å². The molecule has 4 N–H and O–H groups in total. The fourth-order valence-electron chi connectivity index (χ4n) is 2.67. The van der Waals surface area contributed by atoms with Gasteiger partial charge in [0, 0.05) is 12.3 Å².